The fourth-order valence-electron chi connectivity index (χ4n) is 11.9. The number of aromatic nitrogens is 2. The summed E-state index contributed by atoms with van der Waals surface area (Å²) in [7, 11) is 0. The lowest BCUT2D eigenvalue weighted by Crippen LogP contribution is -2.14. The lowest BCUT2D eigenvalue weighted by Gasteiger charge is -2.26. The van der Waals surface area contributed by atoms with E-state index in [4.69, 9.17) is 0 Å². The highest BCUT2D eigenvalue weighted by atomic mass is 15.1. The van der Waals surface area contributed by atoms with E-state index >= 15 is 0 Å². The average molecular weight is 920 g/mol. The fourth-order valence-corrected chi connectivity index (χ4v) is 11.9. The van der Waals surface area contributed by atoms with Gasteiger partial charge >= 0.3 is 0 Å². The predicted octanol–water partition coefficient (Wildman–Crippen LogP) is 18.7. The number of fused-ring (bicyclic) bond motifs is 9. The highest BCUT2D eigenvalue weighted by Crippen LogP contribution is 2.50. The quantitative estimate of drug-likeness (QED) is 0.148. The summed E-state index contributed by atoms with van der Waals surface area (Å²) in [6, 6.07) is 95.7. The summed E-state index contributed by atoms with van der Waals surface area (Å²) >= 11 is 0. The van der Waals surface area contributed by atoms with E-state index in [0.29, 0.717) is 0 Å². The first-order valence-corrected chi connectivity index (χ1v) is 25.0. The molecule has 0 atom stereocenters. The number of anilines is 3. The van der Waals surface area contributed by atoms with Crippen molar-refractivity contribution in [2.45, 2.75) is 19.3 Å². The Kier molecular flexibility index (Phi) is 9.56. The second-order valence-electron chi connectivity index (χ2n) is 19.7. The molecule has 0 saturated heterocycles. The minimum absolute atomic E-state index is 0.0635. The molecule has 0 N–H and O–H groups in total. The first kappa shape index (κ1) is 41.8. The van der Waals surface area contributed by atoms with E-state index in [1.54, 1.807) is 0 Å². The molecule has 0 spiro atoms. The van der Waals surface area contributed by atoms with Crippen LogP contribution in [0.15, 0.2) is 261 Å². The Hall–Kier alpha value is -9.18. The highest BCUT2D eigenvalue weighted by Gasteiger charge is 2.35. The maximum absolute atomic E-state index is 2.41. The molecule has 1 aliphatic rings. The number of para-hydroxylation sites is 4. The molecule has 1 aliphatic carbocycles. The molecule has 11 aromatic carbocycles. The minimum atomic E-state index is -0.0635. The van der Waals surface area contributed by atoms with Crippen molar-refractivity contribution in [3.05, 3.63) is 272 Å². The van der Waals surface area contributed by atoms with E-state index in [9.17, 15) is 0 Å². The SMILES string of the molecule is CC1(C)c2ccccc2-c2ccc(-c3ccc(N(c4ccc(-c5cccc6c5c5ccccc5n6-c5ccccc5)cc4)c4ccc(-c5cccc6c5c5ccccc5n6-c5ccccc5)cc4)cc3)cc21. The summed E-state index contributed by atoms with van der Waals surface area (Å²) in [6.45, 7) is 4.71. The van der Waals surface area contributed by atoms with Crippen LogP contribution in [0.5, 0.6) is 0 Å². The molecule has 340 valence electrons. The van der Waals surface area contributed by atoms with E-state index in [-0.39, 0.29) is 5.41 Å². The maximum Gasteiger partial charge on any atom is 0.0547 e. The van der Waals surface area contributed by atoms with Crippen LogP contribution in [0.2, 0.25) is 0 Å². The van der Waals surface area contributed by atoms with Gasteiger partial charge in [-0.3, -0.25) is 0 Å². The number of benzene rings is 11. The van der Waals surface area contributed by atoms with Crippen LogP contribution in [0.25, 0.3) is 99.5 Å². The zero-order valence-electron chi connectivity index (χ0n) is 40.2. The third-order valence-corrected chi connectivity index (χ3v) is 15.3. The van der Waals surface area contributed by atoms with Crippen LogP contribution in [-0.4, -0.2) is 9.13 Å². The topological polar surface area (TPSA) is 13.1 Å². The van der Waals surface area contributed by atoms with Gasteiger partial charge in [-0.2, -0.15) is 0 Å². The Morgan fingerprint density at radius 1 is 0.292 bits per heavy atom. The van der Waals surface area contributed by atoms with Gasteiger partial charge in [-0.05, 0) is 147 Å². The van der Waals surface area contributed by atoms with Crippen LogP contribution in [0, 0.1) is 0 Å². The van der Waals surface area contributed by atoms with Gasteiger partial charge in [0.05, 0.1) is 22.1 Å². The summed E-state index contributed by atoms with van der Waals surface area (Å²) in [4.78, 5) is 2.39. The van der Waals surface area contributed by atoms with Crippen molar-refractivity contribution in [2.75, 3.05) is 4.90 Å². The van der Waals surface area contributed by atoms with Crippen LogP contribution in [0.1, 0.15) is 25.0 Å². The first-order valence-electron chi connectivity index (χ1n) is 25.0. The molecule has 2 aromatic heterocycles. The van der Waals surface area contributed by atoms with Crippen molar-refractivity contribution >= 4 is 60.7 Å². The van der Waals surface area contributed by atoms with Crippen molar-refractivity contribution in [3.8, 4) is 55.9 Å². The van der Waals surface area contributed by atoms with Crippen molar-refractivity contribution in [1.29, 1.82) is 0 Å². The second-order valence-corrected chi connectivity index (χ2v) is 19.7. The Morgan fingerprint density at radius 3 is 1.19 bits per heavy atom. The van der Waals surface area contributed by atoms with Gasteiger partial charge in [-0.15, -0.1) is 0 Å². The van der Waals surface area contributed by atoms with Gasteiger partial charge in [0.2, 0.25) is 0 Å². The molecule has 0 bridgehead atoms. The molecule has 0 radical (unpaired) electrons. The molecular formula is C69H49N3. The van der Waals surface area contributed by atoms with Crippen LogP contribution < -0.4 is 4.90 Å². The van der Waals surface area contributed by atoms with Gasteiger partial charge in [-0.25, -0.2) is 0 Å². The lowest BCUT2D eigenvalue weighted by molar-refractivity contribution is 0.660. The summed E-state index contributed by atoms with van der Waals surface area (Å²) in [5, 5.41) is 5.01. The minimum Gasteiger partial charge on any atom is -0.311 e. The second kappa shape index (κ2) is 16.5. The van der Waals surface area contributed by atoms with Crippen LogP contribution in [0.3, 0.4) is 0 Å². The third kappa shape index (κ3) is 6.51. The number of rotatable bonds is 8. The zero-order chi connectivity index (χ0) is 47.9. The molecule has 3 heteroatoms. The Bertz CT molecular complexity index is 4000. The highest BCUT2D eigenvalue weighted by molar-refractivity contribution is 6.17. The fraction of sp³-hybridized carbons (Fsp3) is 0.0435. The van der Waals surface area contributed by atoms with E-state index in [1.165, 1.54) is 99.2 Å². The van der Waals surface area contributed by atoms with E-state index in [0.717, 1.165) is 28.4 Å². The zero-order valence-corrected chi connectivity index (χ0v) is 40.2. The number of nitrogens with zero attached hydrogens (tertiary/aromatic N) is 3. The Morgan fingerprint density at radius 2 is 0.681 bits per heavy atom. The van der Waals surface area contributed by atoms with Crippen molar-refractivity contribution in [3.63, 3.8) is 0 Å². The lowest BCUT2D eigenvalue weighted by atomic mass is 9.81. The standard InChI is InChI=1S/C69H49N3/c1-69(2)61-26-12-9-21-57(61)58-44-37-49(45-62(58)69)46-31-38-52(39-32-46)70(53-40-33-47(34-41-53)55-24-15-29-65-67(55)59-22-10-13-27-63(59)71(65)50-17-5-3-6-18-50)54-42-35-48(36-43-54)56-25-16-30-66-68(56)60-23-11-14-28-64(60)72(66)51-19-7-4-8-20-51/h3-45H,1-2H3. The van der Waals surface area contributed by atoms with Gasteiger partial charge in [0.1, 0.15) is 0 Å². The summed E-state index contributed by atoms with van der Waals surface area (Å²) in [6.07, 6.45) is 0. The monoisotopic (exact) mass is 919 g/mol. The van der Waals surface area contributed by atoms with E-state index < -0.39 is 0 Å². The third-order valence-electron chi connectivity index (χ3n) is 15.3. The van der Waals surface area contributed by atoms with Gasteiger partial charge in [0, 0.05) is 55.4 Å². The van der Waals surface area contributed by atoms with Gasteiger partial charge in [0.25, 0.3) is 0 Å². The molecule has 3 nitrogen and oxygen atoms in total. The van der Waals surface area contributed by atoms with Crippen LogP contribution >= 0.6 is 0 Å². The van der Waals surface area contributed by atoms with E-state index in [2.05, 4.69) is 289 Å². The maximum atomic E-state index is 2.41. The summed E-state index contributed by atoms with van der Waals surface area (Å²) in [5.41, 5.74) is 23.0. The van der Waals surface area contributed by atoms with Crippen molar-refractivity contribution in [1.82, 2.24) is 9.13 Å². The summed E-state index contributed by atoms with van der Waals surface area (Å²) in [5.74, 6) is 0. The number of hydrogen-bond acceptors (Lipinski definition) is 1. The molecule has 13 aromatic rings. The van der Waals surface area contributed by atoms with Gasteiger partial charge in [0.15, 0.2) is 0 Å². The summed E-state index contributed by atoms with van der Waals surface area (Å²) < 4.78 is 4.78. The smallest absolute Gasteiger partial charge is 0.0547 e. The normalized spacial score (nSPS) is 12.7. The molecule has 0 fully saturated rings. The molecule has 14 rings (SSSR count). The molecule has 2 heterocycles. The molecule has 0 unspecified atom stereocenters. The van der Waals surface area contributed by atoms with Crippen molar-refractivity contribution < 1.29 is 0 Å². The van der Waals surface area contributed by atoms with Crippen LogP contribution in [0.4, 0.5) is 17.1 Å². The van der Waals surface area contributed by atoms with Crippen LogP contribution in [-0.2, 0) is 5.41 Å². The largest absolute Gasteiger partial charge is 0.311 e. The van der Waals surface area contributed by atoms with Gasteiger partial charge < -0.3 is 14.0 Å². The van der Waals surface area contributed by atoms with Crippen molar-refractivity contribution in [2.24, 2.45) is 0 Å². The molecule has 0 aliphatic heterocycles. The average Bonchev–Trinajstić information content (AvgIpc) is 4.05. The molecule has 0 saturated carbocycles. The molecule has 72 heavy (non-hydrogen) atoms. The molecular weight excluding hydrogens is 871 g/mol. The van der Waals surface area contributed by atoms with Gasteiger partial charge in [-0.1, -0.05) is 184 Å². The molecule has 0 amide bonds. The number of hydrogen-bond donors (Lipinski definition) is 0. The Labute approximate surface area is 419 Å². The first-order chi connectivity index (χ1) is 35.5. The van der Waals surface area contributed by atoms with E-state index in [1.807, 2.05) is 0 Å². The predicted molar refractivity (Wildman–Crippen MR) is 304 cm³/mol. The Balaban J connectivity index is 0.877.